The Labute approximate surface area is 124 Å². The zero-order valence-electron chi connectivity index (χ0n) is 12.2. The van der Waals surface area contributed by atoms with Crippen molar-refractivity contribution in [2.24, 2.45) is 5.73 Å². The van der Waals surface area contributed by atoms with E-state index in [0.29, 0.717) is 12.1 Å². The van der Waals surface area contributed by atoms with Crippen LogP contribution in [0.1, 0.15) is 23.2 Å². The highest BCUT2D eigenvalue weighted by Gasteiger charge is 2.23. The van der Waals surface area contributed by atoms with E-state index < -0.39 is 5.91 Å². The van der Waals surface area contributed by atoms with Crippen molar-refractivity contribution in [2.45, 2.75) is 18.9 Å². The standard InChI is InChI=1S/C15H21N3O3/c1-21-10-14(19)17-11-5-4-8-18(9-11)13-7-3-2-6-12(13)15(16)20/h2-3,6-7,11H,4-5,8-10H2,1H3,(H2,16,20)(H,17,19). The maximum Gasteiger partial charge on any atom is 0.250 e. The minimum Gasteiger partial charge on any atom is -0.375 e. The van der Waals surface area contributed by atoms with Crippen molar-refractivity contribution in [1.82, 2.24) is 5.32 Å². The van der Waals surface area contributed by atoms with Gasteiger partial charge in [0, 0.05) is 31.9 Å². The normalized spacial score (nSPS) is 18.3. The van der Waals surface area contributed by atoms with Crippen LogP contribution in [-0.4, -0.2) is 44.7 Å². The Balaban J connectivity index is 2.07. The number of carbonyl (C=O) groups excluding carboxylic acids is 2. The van der Waals surface area contributed by atoms with Crippen LogP contribution < -0.4 is 16.0 Å². The number of nitrogens with two attached hydrogens (primary N) is 1. The Morgan fingerprint density at radius 1 is 1.43 bits per heavy atom. The van der Waals surface area contributed by atoms with Crippen molar-refractivity contribution in [3.8, 4) is 0 Å². The van der Waals surface area contributed by atoms with E-state index in [1.165, 1.54) is 7.11 Å². The topological polar surface area (TPSA) is 84.7 Å². The first-order chi connectivity index (χ1) is 10.1. The summed E-state index contributed by atoms with van der Waals surface area (Å²) in [6.45, 7) is 1.58. The van der Waals surface area contributed by atoms with Gasteiger partial charge in [0.25, 0.3) is 5.91 Å². The largest absolute Gasteiger partial charge is 0.375 e. The molecule has 21 heavy (non-hydrogen) atoms. The van der Waals surface area contributed by atoms with Crippen LogP contribution in [0.15, 0.2) is 24.3 Å². The third-order valence-electron chi connectivity index (χ3n) is 3.57. The van der Waals surface area contributed by atoms with Crippen molar-refractivity contribution in [2.75, 3.05) is 31.7 Å². The number of nitrogens with zero attached hydrogens (tertiary/aromatic N) is 1. The number of rotatable bonds is 5. The fraction of sp³-hybridized carbons (Fsp3) is 0.467. The highest BCUT2D eigenvalue weighted by molar-refractivity contribution is 5.98. The lowest BCUT2D eigenvalue weighted by atomic mass is 10.0. The number of anilines is 1. The number of hydrogen-bond acceptors (Lipinski definition) is 4. The summed E-state index contributed by atoms with van der Waals surface area (Å²) in [4.78, 5) is 25.2. The number of amides is 2. The summed E-state index contributed by atoms with van der Waals surface area (Å²) in [6, 6.07) is 7.35. The summed E-state index contributed by atoms with van der Waals surface area (Å²) >= 11 is 0. The van der Waals surface area contributed by atoms with E-state index in [2.05, 4.69) is 10.2 Å². The van der Waals surface area contributed by atoms with Crippen molar-refractivity contribution in [3.63, 3.8) is 0 Å². The second-order valence-electron chi connectivity index (χ2n) is 5.17. The third kappa shape index (κ3) is 3.95. The predicted molar refractivity (Wildman–Crippen MR) is 80.2 cm³/mol. The van der Waals surface area contributed by atoms with Gasteiger partial charge >= 0.3 is 0 Å². The number of hydrogen-bond donors (Lipinski definition) is 2. The van der Waals surface area contributed by atoms with E-state index in [1.54, 1.807) is 12.1 Å². The molecule has 0 radical (unpaired) electrons. The van der Waals surface area contributed by atoms with Crippen molar-refractivity contribution >= 4 is 17.5 Å². The molecular weight excluding hydrogens is 270 g/mol. The number of primary amides is 1. The van der Waals surface area contributed by atoms with E-state index in [4.69, 9.17) is 10.5 Å². The molecule has 1 aromatic rings. The average Bonchev–Trinajstić information content (AvgIpc) is 2.47. The Morgan fingerprint density at radius 2 is 2.19 bits per heavy atom. The first-order valence-electron chi connectivity index (χ1n) is 7.04. The molecule has 6 nitrogen and oxygen atoms in total. The molecular formula is C15H21N3O3. The number of methoxy groups -OCH3 is 1. The first kappa shape index (κ1) is 15.3. The smallest absolute Gasteiger partial charge is 0.250 e. The van der Waals surface area contributed by atoms with Gasteiger partial charge in [0.1, 0.15) is 6.61 Å². The molecule has 1 aliphatic rings. The molecule has 3 N–H and O–H groups in total. The van der Waals surface area contributed by atoms with Crippen LogP contribution in [0.4, 0.5) is 5.69 Å². The summed E-state index contributed by atoms with van der Waals surface area (Å²) in [6.07, 6.45) is 1.87. The lowest BCUT2D eigenvalue weighted by Crippen LogP contribution is -2.49. The molecule has 2 rings (SSSR count). The van der Waals surface area contributed by atoms with Gasteiger partial charge in [-0.15, -0.1) is 0 Å². The van der Waals surface area contributed by atoms with Crippen molar-refractivity contribution in [3.05, 3.63) is 29.8 Å². The van der Waals surface area contributed by atoms with E-state index in [-0.39, 0.29) is 18.6 Å². The summed E-state index contributed by atoms with van der Waals surface area (Å²) in [5.41, 5.74) is 6.77. The van der Waals surface area contributed by atoms with Gasteiger partial charge < -0.3 is 20.7 Å². The Hall–Kier alpha value is -2.08. The molecule has 1 heterocycles. The second-order valence-corrected chi connectivity index (χ2v) is 5.17. The Kier molecular flexibility index (Phi) is 5.16. The number of carbonyl (C=O) groups is 2. The number of benzene rings is 1. The van der Waals surface area contributed by atoms with E-state index in [1.807, 2.05) is 12.1 Å². The molecule has 1 aliphatic heterocycles. The van der Waals surface area contributed by atoms with Gasteiger partial charge in [-0.3, -0.25) is 9.59 Å². The van der Waals surface area contributed by atoms with Gasteiger partial charge in [0.15, 0.2) is 0 Å². The first-order valence-corrected chi connectivity index (χ1v) is 7.04. The Morgan fingerprint density at radius 3 is 2.90 bits per heavy atom. The van der Waals surface area contributed by atoms with Gasteiger partial charge in [0.2, 0.25) is 5.91 Å². The summed E-state index contributed by atoms with van der Waals surface area (Å²) in [5, 5.41) is 2.95. The molecule has 0 aliphatic carbocycles. The van der Waals surface area contributed by atoms with Gasteiger partial charge in [-0.25, -0.2) is 0 Å². The minimum absolute atomic E-state index is 0.0577. The summed E-state index contributed by atoms with van der Waals surface area (Å²) in [7, 11) is 1.50. The maximum atomic E-state index is 11.6. The van der Waals surface area contributed by atoms with Gasteiger partial charge in [-0.05, 0) is 25.0 Å². The van der Waals surface area contributed by atoms with Gasteiger partial charge in [-0.1, -0.05) is 12.1 Å². The molecule has 1 saturated heterocycles. The number of piperidine rings is 1. The monoisotopic (exact) mass is 291 g/mol. The fourth-order valence-corrected chi connectivity index (χ4v) is 2.67. The van der Waals surface area contributed by atoms with Crippen LogP contribution in [0.25, 0.3) is 0 Å². The number of ether oxygens (including phenoxy) is 1. The maximum absolute atomic E-state index is 11.6. The molecule has 0 bridgehead atoms. The number of nitrogens with one attached hydrogen (secondary N) is 1. The molecule has 0 spiro atoms. The van der Waals surface area contributed by atoms with Crippen molar-refractivity contribution < 1.29 is 14.3 Å². The highest BCUT2D eigenvalue weighted by atomic mass is 16.5. The van der Waals surface area contributed by atoms with Crippen molar-refractivity contribution in [1.29, 1.82) is 0 Å². The minimum atomic E-state index is -0.434. The zero-order chi connectivity index (χ0) is 15.2. The quantitative estimate of drug-likeness (QED) is 0.828. The molecule has 0 saturated carbocycles. The molecule has 114 valence electrons. The van der Waals surface area contributed by atoms with Crippen LogP contribution in [0.2, 0.25) is 0 Å². The fourth-order valence-electron chi connectivity index (χ4n) is 2.67. The third-order valence-corrected chi connectivity index (χ3v) is 3.57. The predicted octanol–water partition coefficient (Wildman–Crippen LogP) is 0.517. The number of para-hydroxylation sites is 1. The van der Waals surface area contributed by atoms with Crippen LogP contribution in [0.3, 0.4) is 0 Å². The molecule has 1 unspecified atom stereocenters. The Bertz CT molecular complexity index is 519. The van der Waals surface area contributed by atoms with E-state index >= 15 is 0 Å². The van der Waals surface area contributed by atoms with E-state index in [9.17, 15) is 9.59 Å². The van der Waals surface area contributed by atoms with Gasteiger partial charge in [-0.2, -0.15) is 0 Å². The van der Waals surface area contributed by atoms with Crippen LogP contribution in [-0.2, 0) is 9.53 Å². The van der Waals surface area contributed by atoms with Crippen LogP contribution in [0, 0.1) is 0 Å². The molecule has 2 amide bonds. The molecule has 1 aromatic carbocycles. The zero-order valence-corrected chi connectivity index (χ0v) is 12.2. The molecule has 0 aromatic heterocycles. The molecule has 1 fully saturated rings. The molecule has 1 atom stereocenters. The average molecular weight is 291 g/mol. The SMILES string of the molecule is COCC(=O)NC1CCCN(c2ccccc2C(N)=O)C1. The highest BCUT2D eigenvalue weighted by Crippen LogP contribution is 2.23. The van der Waals surface area contributed by atoms with Crippen LogP contribution in [0.5, 0.6) is 0 Å². The van der Waals surface area contributed by atoms with E-state index in [0.717, 1.165) is 25.1 Å². The lowest BCUT2D eigenvalue weighted by Gasteiger charge is -2.35. The lowest BCUT2D eigenvalue weighted by molar-refractivity contribution is -0.125. The second kappa shape index (κ2) is 7.08. The van der Waals surface area contributed by atoms with Crippen LogP contribution >= 0.6 is 0 Å². The molecule has 6 heteroatoms. The summed E-state index contributed by atoms with van der Waals surface area (Å²) in [5.74, 6) is -0.552. The summed E-state index contributed by atoms with van der Waals surface area (Å²) < 4.78 is 4.82. The van der Waals surface area contributed by atoms with Gasteiger partial charge in [0.05, 0.1) is 5.56 Å².